The van der Waals surface area contributed by atoms with Crippen molar-refractivity contribution < 1.29 is 13.5 Å². The van der Waals surface area contributed by atoms with Crippen LogP contribution in [0.1, 0.15) is 18.5 Å². The Labute approximate surface area is 157 Å². The van der Waals surface area contributed by atoms with Crippen LogP contribution in [0.25, 0.3) is 0 Å². The van der Waals surface area contributed by atoms with Crippen molar-refractivity contribution in [2.75, 3.05) is 36.5 Å². The highest BCUT2D eigenvalue weighted by Gasteiger charge is 2.14. The second kappa shape index (κ2) is 8.42. The molecular weight excluding hydrogens is 356 g/mol. The van der Waals surface area contributed by atoms with Crippen LogP contribution in [0, 0.1) is 11.6 Å². The Morgan fingerprint density at radius 2 is 1.69 bits per heavy atom. The van der Waals surface area contributed by atoms with Crippen molar-refractivity contribution in [1.29, 1.82) is 0 Å². The highest BCUT2D eigenvalue weighted by atomic mass is 32.1. The van der Waals surface area contributed by atoms with E-state index >= 15 is 0 Å². The molecule has 26 heavy (non-hydrogen) atoms. The van der Waals surface area contributed by atoms with E-state index in [1.54, 1.807) is 0 Å². The molecule has 1 fully saturated rings. The van der Waals surface area contributed by atoms with Crippen LogP contribution < -0.4 is 15.5 Å². The van der Waals surface area contributed by atoms with Crippen molar-refractivity contribution in [3.63, 3.8) is 0 Å². The summed E-state index contributed by atoms with van der Waals surface area (Å²) < 4.78 is 32.7. The molecule has 0 saturated carbocycles. The van der Waals surface area contributed by atoms with Crippen LogP contribution in [0.3, 0.4) is 0 Å². The van der Waals surface area contributed by atoms with E-state index in [2.05, 4.69) is 27.7 Å². The molecule has 2 aromatic rings. The molecule has 3 rings (SSSR count). The lowest BCUT2D eigenvalue weighted by Crippen LogP contribution is -2.36. The molecule has 0 spiro atoms. The van der Waals surface area contributed by atoms with Crippen LogP contribution in [-0.4, -0.2) is 31.4 Å². The van der Waals surface area contributed by atoms with E-state index in [0.29, 0.717) is 0 Å². The van der Waals surface area contributed by atoms with Crippen molar-refractivity contribution >= 4 is 28.7 Å². The van der Waals surface area contributed by atoms with Gasteiger partial charge >= 0.3 is 0 Å². The predicted octanol–water partition coefficient (Wildman–Crippen LogP) is 3.85. The van der Waals surface area contributed by atoms with Crippen molar-refractivity contribution in [2.24, 2.45) is 0 Å². The van der Waals surface area contributed by atoms with Gasteiger partial charge < -0.3 is 20.3 Å². The number of ether oxygens (including phenoxy) is 1. The molecule has 2 N–H and O–H groups in total. The van der Waals surface area contributed by atoms with E-state index in [4.69, 9.17) is 17.0 Å². The second-order valence-electron chi connectivity index (χ2n) is 6.11. The van der Waals surface area contributed by atoms with Gasteiger partial charge in [0.1, 0.15) is 17.3 Å². The summed E-state index contributed by atoms with van der Waals surface area (Å²) in [5.41, 5.74) is 1.93. The van der Waals surface area contributed by atoms with E-state index < -0.39 is 11.6 Å². The molecule has 0 radical (unpaired) electrons. The largest absolute Gasteiger partial charge is 0.378 e. The number of anilines is 2. The van der Waals surface area contributed by atoms with Gasteiger partial charge in [0.2, 0.25) is 0 Å². The second-order valence-corrected chi connectivity index (χ2v) is 6.52. The number of morpholine rings is 1. The summed E-state index contributed by atoms with van der Waals surface area (Å²) in [6.07, 6.45) is 0. The first-order valence-electron chi connectivity index (χ1n) is 8.49. The smallest absolute Gasteiger partial charge is 0.171 e. The SMILES string of the molecule is C[C@H](NC(=S)Nc1c(F)cccc1F)c1ccc(N2CCOCC2)cc1. The third-order valence-corrected chi connectivity index (χ3v) is 4.54. The average Bonchev–Trinajstić information content (AvgIpc) is 2.66. The van der Waals surface area contributed by atoms with Gasteiger partial charge in [-0.3, -0.25) is 0 Å². The van der Waals surface area contributed by atoms with Crippen molar-refractivity contribution in [3.8, 4) is 0 Å². The van der Waals surface area contributed by atoms with Crippen molar-refractivity contribution in [3.05, 3.63) is 59.7 Å². The summed E-state index contributed by atoms with van der Waals surface area (Å²) in [6.45, 7) is 5.19. The lowest BCUT2D eigenvalue weighted by Gasteiger charge is -2.29. The molecule has 138 valence electrons. The van der Waals surface area contributed by atoms with Crippen LogP contribution >= 0.6 is 12.2 Å². The molecule has 1 heterocycles. The molecule has 2 aromatic carbocycles. The van der Waals surface area contributed by atoms with E-state index in [-0.39, 0.29) is 16.8 Å². The molecule has 7 heteroatoms. The molecule has 0 aromatic heterocycles. The maximum atomic E-state index is 13.7. The van der Waals surface area contributed by atoms with Gasteiger partial charge in [0.25, 0.3) is 0 Å². The van der Waals surface area contributed by atoms with Crippen LogP contribution in [0.2, 0.25) is 0 Å². The molecule has 0 aliphatic carbocycles. The summed E-state index contributed by atoms with van der Waals surface area (Å²) in [4.78, 5) is 2.28. The number of hydrogen-bond donors (Lipinski definition) is 2. The van der Waals surface area contributed by atoms with Crippen LogP contribution in [0.5, 0.6) is 0 Å². The fourth-order valence-electron chi connectivity index (χ4n) is 2.84. The van der Waals surface area contributed by atoms with Crippen LogP contribution in [0.15, 0.2) is 42.5 Å². The fraction of sp³-hybridized carbons (Fsp3) is 0.316. The molecule has 0 bridgehead atoms. The normalized spacial score (nSPS) is 15.4. The summed E-state index contributed by atoms with van der Waals surface area (Å²) in [6, 6.07) is 11.7. The van der Waals surface area contributed by atoms with Gasteiger partial charge in [-0.15, -0.1) is 0 Å². The molecule has 0 amide bonds. The number of nitrogens with one attached hydrogen (secondary N) is 2. The van der Waals surface area contributed by atoms with Crippen molar-refractivity contribution in [1.82, 2.24) is 5.32 Å². The number of para-hydroxylation sites is 1. The van der Waals surface area contributed by atoms with Gasteiger partial charge in [0.15, 0.2) is 5.11 Å². The van der Waals surface area contributed by atoms with Gasteiger partial charge in [0, 0.05) is 18.8 Å². The maximum absolute atomic E-state index is 13.7. The molecular formula is C19H21F2N3OS. The lowest BCUT2D eigenvalue weighted by molar-refractivity contribution is 0.122. The van der Waals surface area contributed by atoms with E-state index in [1.165, 1.54) is 18.2 Å². The maximum Gasteiger partial charge on any atom is 0.171 e. The average molecular weight is 377 g/mol. The highest BCUT2D eigenvalue weighted by Crippen LogP contribution is 2.21. The number of nitrogens with zero attached hydrogens (tertiary/aromatic N) is 1. The Morgan fingerprint density at radius 1 is 1.08 bits per heavy atom. The third kappa shape index (κ3) is 4.47. The first-order valence-corrected chi connectivity index (χ1v) is 8.89. The lowest BCUT2D eigenvalue weighted by atomic mass is 10.1. The molecule has 4 nitrogen and oxygen atoms in total. The van der Waals surface area contributed by atoms with Crippen LogP contribution in [0.4, 0.5) is 20.2 Å². The molecule has 1 saturated heterocycles. The minimum Gasteiger partial charge on any atom is -0.378 e. The number of halogens is 2. The highest BCUT2D eigenvalue weighted by molar-refractivity contribution is 7.80. The minimum absolute atomic E-state index is 0.108. The predicted molar refractivity (Wildman–Crippen MR) is 104 cm³/mol. The van der Waals surface area contributed by atoms with Gasteiger partial charge in [-0.25, -0.2) is 8.78 Å². The first kappa shape index (κ1) is 18.5. The fourth-order valence-corrected chi connectivity index (χ4v) is 3.12. The van der Waals surface area contributed by atoms with Crippen molar-refractivity contribution in [2.45, 2.75) is 13.0 Å². The first-order chi connectivity index (χ1) is 12.5. The topological polar surface area (TPSA) is 36.5 Å². The third-order valence-electron chi connectivity index (χ3n) is 4.32. The quantitative estimate of drug-likeness (QED) is 0.792. The van der Waals surface area contributed by atoms with Crippen LogP contribution in [-0.2, 0) is 4.74 Å². The Bertz CT molecular complexity index is 744. The van der Waals surface area contributed by atoms with E-state index in [1.807, 2.05) is 19.1 Å². The number of hydrogen-bond acceptors (Lipinski definition) is 3. The number of thiocarbonyl (C=S) groups is 1. The van der Waals surface area contributed by atoms with E-state index in [0.717, 1.165) is 37.6 Å². The summed E-state index contributed by atoms with van der Waals surface area (Å²) in [5, 5.41) is 5.81. The zero-order valence-electron chi connectivity index (χ0n) is 14.5. The van der Waals surface area contributed by atoms with Gasteiger partial charge in [-0.05, 0) is 49.0 Å². The van der Waals surface area contributed by atoms with Gasteiger partial charge in [-0.2, -0.15) is 0 Å². The standard InChI is InChI=1S/C19H21F2N3OS/c1-13(22-19(26)23-18-16(20)3-2-4-17(18)21)14-5-7-15(8-6-14)24-9-11-25-12-10-24/h2-8,13H,9-12H2,1H3,(H2,22,23,26)/t13-/m0/s1. The number of rotatable bonds is 4. The van der Waals surface area contributed by atoms with Gasteiger partial charge in [-0.1, -0.05) is 18.2 Å². The number of benzene rings is 2. The molecule has 1 aliphatic heterocycles. The zero-order valence-corrected chi connectivity index (χ0v) is 15.3. The van der Waals surface area contributed by atoms with E-state index in [9.17, 15) is 8.78 Å². The Kier molecular flexibility index (Phi) is 6.00. The Morgan fingerprint density at radius 3 is 2.31 bits per heavy atom. The summed E-state index contributed by atoms with van der Waals surface area (Å²) in [5.74, 6) is -1.37. The Balaban J connectivity index is 1.60. The minimum atomic E-state index is -0.684. The van der Waals surface area contributed by atoms with Gasteiger partial charge in [0.05, 0.1) is 19.3 Å². The molecule has 0 unspecified atom stereocenters. The Hall–Kier alpha value is -2.25. The zero-order chi connectivity index (χ0) is 18.5. The molecule has 1 atom stereocenters. The summed E-state index contributed by atoms with van der Waals surface area (Å²) in [7, 11) is 0. The monoisotopic (exact) mass is 377 g/mol. The molecule has 1 aliphatic rings. The summed E-state index contributed by atoms with van der Waals surface area (Å²) >= 11 is 5.18.